The van der Waals surface area contributed by atoms with Crippen LogP contribution >= 0.6 is 0 Å². The molecule has 3 heterocycles. The largest absolute Gasteiger partial charge is 0.388 e. The fraction of sp³-hybridized carbons (Fsp3) is 0.556. The van der Waals surface area contributed by atoms with Gasteiger partial charge < -0.3 is 14.8 Å². The van der Waals surface area contributed by atoms with Gasteiger partial charge in [-0.15, -0.1) is 0 Å². The van der Waals surface area contributed by atoms with E-state index in [1.54, 1.807) is 6.07 Å². The van der Waals surface area contributed by atoms with E-state index >= 15 is 0 Å². The summed E-state index contributed by atoms with van der Waals surface area (Å²) in [5.41, 5.74) is -0.0575. The maximum Gasteiger partial charge on any atom is 0.258 e. The third kappa shape index (κ3) is 2.97. The lowest BCUT2D eigenvalue weighted by atomic mass is 9.93. The highest BCUT2D eigenvalue weighted by Crippen LogP contribution is 2.33. The van der Waals surface area contributed by atoms with Crippen LogP contribution in [0.1, 0.15) is 37.5 Å². The number of nitrogens with one attached hydrogen (secondary N) is 1. The number of aromatic amines is 1. The minimum atomic E-state index is -0.696. The Kier molecular flexibility index (Phi) is 4.12. The van der Waals surface area contributed by atoms with Crippen LogP contribution in [0.4, 0.5) is 0 Å². The van der Waals surface area contributed by atoms with Gasteiger partial charge in [-0.2, -0.15) is 0 Å². The molecule has 24 heavy (non-hydrogen) atoms. The molecular formula is C18H23N3O3. The van der Waals surface area contributed by atoms with Crippen LogP contribution in [-0.4, -0.2) is 51.9 Å². The van der Waals surface area contributed by atoms with Crippen LogP contribution in [0.5, 0.6) is 0 Å². The molecule has 1 unspecified atom stereocenters. The normalized spacial score (nSPS) is 24.5. The van der Waals surface area contributed by atoms with E-state index in [4.69, 9.17) is 4.74 Å². The molecule has 1 aromatic heterocycles. The zero-order valence-corrected chi connectivity index (χ0v) is 13.7. The Morgan fingerprint density at radius 3 is 2.96 bits per heavy atom. The van der Waals surface area contributed by atoms with Crippen molar-refractivity contribution >= 4 is 10.9 Å². The quantitative estimate of drug-likeness (QED) is 0.894. The topological polar surface area (TPSA) is 78.5 Å². The van der Waals surface area contributed by atoms with Crippen LogP contribution in [0, 0.1) is 0 Å². The highest BCUT2D eigenvalue weighted by molar-refractivity contribution is 5.77. The number of β-amino-alcohol motifs (C(OH)–C–C–N with tert-alkyl or cyclic N) is 1. The van der Waals surface area contributed by atoms with Crippen molar-refractivity contribution in [3.63, 3.8) is 0 Å². The van der Waals surface area contributed by atoms with Crippen LogP contribution in [-0.2, 0) is 4.74 Å². The highest BCUT2D eigenvalue weighted by Gasteiger charge is 2.37. The Balaban J connectivity index is 1.62. The van der Waals surface area contributed by atoms with E-state index in [0.29, 0.717) is 43.8 Å². The predicted octanol–water partition coefficient (Wildman–Crippen LogP) is 1.60. The Labute approximate surface area is 140 Å². The number of ether oxygens (including phenoxy) is 1. The summed E-state index contributed by atoms with van der Waals surface area (Å²) >= 11 is 0. The number of aliphatic hydroxyl groups is 1. The minimum absolute atomic E-state index is 0.0641. The van der Waals surface area contributed by atoms with Crippen LogP contribution < -0.4 is 5.56 Å². The van der Waals surface area contributed by atoms with Crippen molar-refractivity contribution in [1.82, 2.24) is 14.9 Å². The first-order valence-corrected chi connectivity index (χ1v) is 8.68. The van der Waals surface area contributed by atoms with Gasteiger partial charge in [0.05, 0.1) is 22.5 Å². The molecule has 2 fully saturated rings. The summed E-state index contributed by atoms with van der Waals surface area (Å²) < 4.78 is 5.37. The Morgan fingerprint density at radius 1 is 1.33 bits per heavy atom. The second-order valence-corrected chi connectivity index (χ2v) is 6.93. The Morgan fingerprint density at radius 2 is 2.12 bits per heavy atom. The van der Waals surface area contributed by atoms with E-state index in [2.05, 4.69) is 14.9 Å². The molecule has 6 nitrogen and oxygen atoms in total. The molecule has 2 aromatic rings. The predicted molar refractivity (Wildman–Crippen MR) is 90.9 cm³/mol. The second kappa shape index (κ2) is 6.27. The number of fused-ring (bicyclic) bond motifs is 1. The highest BCUT2D eigenvalue weighted by atomic mass is 16.5. The smallest absolute Gasteiger partial charge is 0.258 e. The molecule has 2 aliphatic heterocycles. The van der Waals surface area contributed by atoms with Crippen molar-refractivity contribution in [2.75, 3.05) is 26.3 Å². The van der Waals surface area contributed by atoms with E-state index in [-0.39, 0.29) is 11.6 Å². The minimum Gasteiger partial charge on any atom is -0.388 e. The van der Waals surface area contributed by atoms with Gasteiger partial charge >= 0.3 is 0 Å². The molecule has 4 rings (SSSR count). The van der Waals surface area contributed by atoms with Gasteiger partial charge in [0.2, 0.25) is 0 Å². The average Bonchev–Trinajstić information content (AvgIpc) is 3.03. The second-order valence-electron chi connectivity index (χ2n) is 6.93. The number of rotatable bonds is 3. The van der Waals surface area contributed by atoms with Crippen LogP contribution in [0.2, 0.25) is 0 Å². The summed E-state index contributed by atoms with van der Waals surface area (Å²) in [5.74, 6) is 0.715. The molecule has 0 saturated carbocycles. The summed E-state index contributed by atoms with van der Waals surface area (Å²) in [6.07, 6.45) is 3.33. The maximum absolute atomic E-state index is 12.3. The van der Waals surface area contributed by atoms with Crippen molar-refractivity contribution in [1.29, 1.82) is 0 Å². The fourth-order valence-corrected chi connectivity index (χ4v) is 3.87. The van der Waals surface area contributed by atoms with Gasteiger partial charge in [-0.05, 0) is 31.5 Å². The van der Waals surface area contributed by atoms with Gasteiger partial charge in [-0.3, -0.25) is 9.69 Å². The first-order chi connectivity index (χ1) is 11.6. The number of hydrogen-bond donors (Lipinski definition) is 2. The third-order valence-corrected chi connectivity index (χ3v) is 5.23. The number of H-pyrrole nitrogens is 1. The first kappa shape index (κ1) is 15.7. The van der Waals surface area contributed by atoms with Gasteiger partial charge in [-0.1, -0.05) is 12.1 Å². The summed E-state index contributed by atoms with van der Waals surface area (Å²) in [6.45, 7) is 2.75. The molecule has 0 spiro atoms. The van der Waals surface area contributed by atoms with Gasteiger partial charge in [0.1, 0.15) is 5.82 Å². The third-order valence-electron chi connectivity index (χ3n) is 5.23. The van der Waals surface area contributed by atoms with Crippen LogP contribution in [0.25, 0.3) is 10.9 Å². The van der Waals surface area contributed by atoms with E-state index < -0.39 is 5.60 Å². The molecule has 0 bridgehead atoms. The standard InChI is InChI=1S/C18H23N3O3/c22-17-13-4-1-2-5-14(13)19-16(20-17)15-6-3-9-21(15)12-18(23)7-10-24-11-8-18/h1-2,4-5,15,23H,3,6-12H2,(H,19,20,22). The number of aromatic nitrogens is 2. The lowest BCUT2D eigenvalue weighted by molar-refractivity contribution is -0.0818. The van der Waals surface area contributed by atoms with Crippen LogP contribution in [0.15, 0.2) is 29.1 Å². The monoisotopic (exact) mass is 329 g/mol. The zero-order valence-electron chi connectivity index (χ0n) is 13.7. The molecule has 1 aromatic carbocycles. The molecule has 2 aliphatic rings. The van der Waals surface area contributed by atoms with E-state index in [1.165, 1.54) is 0 Å². The summed E-state index contributed by atoms with van der Waals surface area (Å²) in [4.78, 5) is 22.2. The Bertz CT molecular complexity index is 782. The summed E-state index contributed by atoms with van der Waals surface area (Å²) in [5, 5.41) is 11.4. The molecule has 6 heteroatoms. The van der Waals surface area contributed by atoms with Gasteiger partial charge in [0, 0.05) is 32.6 Å². The lowest BCUT2D eigenvalue weighted by Crippen LogP contribution is -2.46. The molecule has 0 aliphatic carbocycles. The van der Waals surface area contributed by atoms with Crippen molar-refractivity contribution in [2.24, 2.45) is 0 Å². The summed E-state index contributed by atoms with van der Waals surface area (Å²) in [6, 6.07) is 7.48. The molecule has 2 saturated heterocycles. The van der Waals surface area contributed by atoms with Crippen molar-refractivity contribution in [3.05, 3.63) is 40.4 Å². The van der Waals surface area contributed by atoms with Crippen LogP contribution in [0.3, 0.4) is 0 Å². The molecule has 0 radical (unpaired) electrons. The number of likely N-dealkylation sites (tertiary alicyclic amines) is 1. The van der Waals surface area contributed by atoms with Crippen molar-refractivity contribution in [2.45, 2.75) is 37.3 Å². The van der Waals surface area contributed by atoms with Crippen molar-refractivity contribution in [3.8, 4) is 0 Å². The van der Waals surface area contributed by atoms with Gasteiger partial charge in [0.25, 0.3) is 5.56 Å². The Hall–Kier alpha value is -1.76. The van der Waals surface area contributed by atoms with Gasteiger partial charge in [0.15, 0.2) is 0 Å². The van der Waals surface area contributed by atoms with E-state index in [1.807, 2.05) is 18.2 Å². The molecule has 1 atom stereocenters. The van der Waals surface area contributed by atoms with Gasteiger partial charge in [-0.25, -0.2) is 4.98 Å². The maximum atomic E-state index is 12.3. The zero-order chi connectivity index (χ0) is 16.6. The molecule has 0 amide bonds. The number of nitrogens with zero attached hydrogens (tertiary/aromatic N) is 2. The van der Waals surface area contributed by atoms with Crippen molar-refractivity contribution < 1.29 is 9.84 Å². The lowest BCUT2D eigenvalue weighted by Gasteiger charge is -2.37. The first-order valence-electron chi connectivity index (χ1n) is 8.68. The molecular weight excluding hydrogens is 306 g/mol. The molecule has 2 N–H and O–H groups in total. The van der Waals surface area contributed by atoms with E-state index in [9.17, 15) is 9.90 Å². The number of hydrogen-bond acceptors (Lipinski definition) is 5. The number of benzene rings is 1. The average molecular weight is 329 g/mol. The number of para-hydroxylation sites is 1. The fourth-order valence-electron chi connectivity index (χ4n) is 3.87. The summed E-state index contributed by atoms with van der Waals surface area (Å²) in [7, 11) is 0. The molecule has 128 valence electrons. The SMILES string of the molecule is O=c1[nH]c(C2CCCN2CC2(O)CCOCC2)nc2ccccc12. The van der Waals surface area contributed by atoms with E-state index in [0.717, 1.165) is 24.9 Å².